The van der Waals surface area contributed by atoms with Gasteiger partial charge in [-0.05, 0) is 6.92 Å². The normalized spacial score (nSPS) is 9.00. The summed E-state index contributed by atoms with van der Waals surface area (Å²) < 4.78 is 0. The van der Waals surface area contributed by atoms with Gasteiger partial charge in [0.15, 0.2) is 0 Å². The second-order valence-corrected chi connectivity index (χ2v) is 2.33. The molecule has 1 rings (SSSR count). The zero-order valence-electron chi connectivity index (χ0n) is 6.91. The number of nitrogens with zero attached hydrogens (tertiary/aromatic N) is 3. The number of aromatic nitrogens is 2. The van der Waals surface area contributed by atoms with Crippen LogP contribution >= 0.6 is 0 Å². The SMILES string of the molecule is Cc1nccnc1NCCC#N. The maximum absolute atomic E-state index is 8.29. The van der Waals surface area contributed by atoms with E-state index in [1.165, 1.54) is 0 Å². The fourth-order valence-electron chi connectivity index (χ4n) is 0.818. The quantitative estimate of drug-likeness (QED) is 0.676. The molecule has 0 saturated carbocycles. The van der Waals surface area contributed by atoms with Crippen molar-refractivity contribution in [3.63, 3.8) is 0 Å². The Morgan fingerprint density at radius 1 is 1.50 bits per heavy atom. The van der Waals surface area contributed by atoms with Crippen LogP contribution in [0.2, 0.25) is 0 Å². The average Bonchev–Trinajstić information content (AvgIpc) is 2.09. The first-order chi connectivity index (χ1) is 5.84. The van der Waals surface area contributed by atoms with E-state index in [9.17, 15) is 0 Å². The van der Waals surface area contributed by atoms with Gasteiger partial charge in [-0.25, -0.2) is 4.98 Å². The summed E-state index contributed by atoms with van der Waals surface area (Å²) in [5, 5.41) is 11.3. The van der Waals surface area contributed by atoms with Crippen molar-refractivity contribution >= 4 is 5.82 Å². The average molecular weight is 162 g/mol. The molecule has 0 bridgehead atoms. The predicted molar refractivity (Wildman–Crippen MR) is 45.5 cm³/mol. The number of nitriles is 1. The van der Waals surface area contributed by atoms with Crippen LogP contribution in [-0.4, -0.2) is 16.5 Å². The molecule has 0 spiro atoms. The highest BCUT2D eigenvalue weighted by Gasteiger charge is 1.96. The van der Waals surface area contributed by atoms with E-state index in [1.807, 2.05) is 13.0 Å². The van der Waals surface area contributed by atoms with E-state index in [0.717, 1.165) is 11.5 Å². The first-order valence-electron chi connectivity index (χ1n) is 3.73. The predicted octanol–water partition coefficient (Wildman–Crippen LogP) is 1.11. The summed E-state index contributed by atoms with van der Waals surface area (Å²) in [5.41, 5.74) is 0.857. The van der Waals surface area contributed by atoms with E-state index in [2.05, 4.69) is 15.3 Å². The molecular formula is C8H10N4. The van der Waals surface area contributed by atoms with Crippen LogP contribution in [0.5, 0.6) is 0 Å². The molecule has 1 N–H and O–H groups in total. The molecule has 0 aliphatic carbocycles. The molecule has 62 valence electrons. The highest BCUT2D eigenvalue weighted by Crippen LogP contribution is 2.04. The summed E-state index contributed by atoms with van der Waals surface area (Å²) >= 11 is 0. The van der Waals surface area contributed by atoms with Crippen molar-refractivity contribution in [3.05, 3.63) is 18.1 Å². The summed E-state index contributed by atoms with van der Waals surface area (Å²) in [5.74, 6) is 0.757. The molecular weight excluding hydrogens is 152 g/mol. The summed E-state index contributed by atoms with van der Waals surface area (Å²) in [6.07, 6.45) is 3.75. The van der Waals surface area contributed by atoms with Gasteiger partial charge < -0.3 is 5.32 Å². The van der Waals surface area contributed by atoms with E-state index in [0.29, 0.717) is 13.0 Å². The van der Waals surface area contributed by atoms with E-state index < -0.39 is 0 Å². The molecule has 0 amide bonds. The van der Waals surface area contributed by atoms with Crippen molar-refractivity contribution in [2.24, 2.45) is 0 Å². The van der Waals surface area contributed by atoms with Crippen LogP contribution in [0, 0.1) is 18.3 Å². The van der Waals surface area contributed by atoms with Crippen LogP contribution in [0.3, 0.4) is 0 Å². The molecule has 0 aliphatic rings. The number of hydrogen-bond acceptors (Lipinski definition) is 4. The Morgan fingerprint density at radius 3 is 2.92 bits per heavy atom. The molecule has 0 aliphatic heterocycles. The van der Waals surface area contributed by atoms with Crippen molar-refractivity contribution in [1.82, 2.24) is 9.97 Å². The smallest absolute Gasteiger partial charge is 0.147 e. The molecule has 0 atom stereocenters. The molecule has 0 unspecified atom stereocenters. The van der Waals surface area contributed by atoms with Crippen LogP contribution in [0.4, 0.5) is 5.82 Å². The maximum atomic E-state index is 8.29. The minimum atomic E-state index is 0.482. The summed E-state index contributed by atoms with van der Waals surface area (Å²) in [4.78, 5) is 8.12. The third-order valence-electron chi connectivity index (χ3n) is 1.41. The van der Waals surface area contributed by atoms with Crippen molar-refractivity contribution in [2.75, 3.05) is 11.9 Å². The number of rotatable bonds is 3. The van der Waals surface area contributed by atoms with Gasteiger partial charge in [-0.2, -0.15) is 5.26 Å². The Balaban J connectivity index is 2.53. The lowest BCUT2D eigenvalue weighted by Crippen LogP contribution is -2.04. The molecule has 0 fully saturated rings. The lowest BCUT2D eigenvalue weighted by Gasteiger charge is -2.03. The monoisotopic (exact) mass is 162 g/mol. The second-order valence-electron chi connectivity index (χ2n) is 2.33. The van der Waals surface area contributed by atoms with E-state index in [1.54, 1.807) is 12.4 Å². The van der Waals surface area contributed by atoms with Gasteiger partial charge in [0.25, 0.3) is 0 Å². The van der Waals surface area contributed by atoms with Gasteiger partial charge in [0.2, 0.25) is 0 Å². The van der Waals surface area contributed by atoms with Crippen molar-refractivity contribution in [2.45, 2.75) is 13.3 Å². The Bertz CT molecular complexity index is 289. The zero-order chi connectivity index (χ0) is 8.81. The molecule has 1 aromatic heterocycles. The molecule has 12 heavy (non-hydrogen) atoms. The molecule has 0 aromatic carbocycles. The van der Waals surface area contributed by atoms with Crippen LogP contribution < -0.4 is 5.32 Å². The number of aryl methyl sites for hydroxylation is 1. The zero-order valence-corrected chi connectivity index (χ0v) is 6.91. The first kappa shape index (κ1) is 8.47. The highest BCUT2D eigenvalue weighted by molar-refractivity contribution is 5.38. The summed E-state index contributed by atoms with van der Waals surface area (Å²) in [6.45, 7) is 2.50. The molecule has 4 nitrogen and oxygen atoms in total. The van der Waals surface area contributed by atoms with Gasteiger partial charge in [-0.1, -0.05) is 0 Å². The molecule has 4 heteroatoms. The third-order valence-corrected chi connectivity index (χ3v) is 1.41. The highest BCUT2D eigenvalue weighted by atomic mass is 15.0. The largest absolute Gasteiger partial charge is 0.368 e. The van der Waals surface area contributed by atoms with Crippen LogP contribution in [0.25, 0.3) is 0 Å². The second kappa shape index (κ2) is 4.29. The van der Waals surface area contributed by atoms with Gasteiger partial charge >= 0.3 is 0 Å². The molecule has 0 saturated heterocycles. The number of nitrogens with one attached hydrogen (secondary N) is 1. The van der Waals surface area contributed by atoms with Crippen LogP contribution in [0.15, 0.2) is 12.4 Å². The van der Waals surface area contributed by atoms with Crippen molar-refractivity contribution in [3.8, 4) is 6.07 Å². The molecule has 1 aromatic rings. The third kappa shape index (κ3) is 2.20. The van der Waals surface area contributed by atoms with Crippen LogP contribution in [-0.2, 0) is 0 Å². The lowest BCUT2D eigenvalue weighted by atomic mass is 10.4. The summed E-state index contributed by atoms with van der Waals surface area (Å²) in [7, 11) is 0. The van der Waals surface area contributed by atoms with Gasteiger partial charge in [0, 0.05) is 18.9 Å². The Morgan fingerprint density at radius 2 is 2.25 bits per heavy atom. The van der Waals surface area contributed by atoms with Crippen LogP contribution in [0.1, 0.15) is 12.1 Å². The van der Waals surface area contributed by atoms with Crippen molar-refractivity contribution in [1.29, 1.82) is 5.26 Å². The Hall–Kier alpha value is -1.63. The van der Waals surface area contributed by atoms with E-state index in [-0.39, 0.29) is 0 Å². The lowest BCUT2D eigenvalue weighted by molar-refractivity contribution is 1.02. The fourth-order valence-corrected chi connectivity index (χ4v) is 0.818. The van der Waals surface area contributed by atoms with E-state index >= 15 is 0 Å². The first-order valence-corrected chi connectivity index (χ1v) is 3.73. The number of hydrogen-bond donors (Lipinski definition) is 1. The topological polar surface area (TPSA) is 61.6 Å². The van der Waals surface area contributed by atoms with E-state index in [4.69, 9.17) is 5.26 Å². The van der Waals surface area contributed by atoms with Gasteiger partial charge in [-0.15, -0.1) is 0 Å². The standard InChI is InChI=1S/C8H10N4/c1-7-8(11-4-2-3-9)12-6-5-10-7/h5-6H,2,4H2,1H3,(H,11,12). The fraction of sp³-hybridized carbons (Fsp3) is 0.375. The Kier molecular flexibility index (Phi) is 3.03. The van der Waals surface area contributed by atoms with Crippen molar-refractivity contribution < 1.29 is 0 Å². The van der Waals surface area contributed by atoms with Gasteiger partial charge in [0.1, 0.15) is 5.82 Å². The minimum Gasteiger partial charge on any atom is -0.368 e. The summed E-state index contributed by atoms with van der Waals surface area (Å²) in [6, 6.07) is 2.05. The Labute approximate surface area is 71.3 Å². The molecule has 1 heterocycles. The number of anilines is 1. The van der Waals surface area contributed by atoms with Gasteiger partial charge in [-0.3, -0.25) is 4.98 Å². The molecule has 0 radical (unpaired) electrons. The maximum Gasteiger partial charge on any atom is 0.147 e. The van der Waals surface area contributed by atoms with Gasteiger partial charge in [0.05, 0.1) is 18.2 Å². The minimum absolute atomic E-state index is 0.482.